The Morgan fingerprint density at radius 2 is 1.68 bits per heavy atom. The van der Waals surface area contributed by atoms with Gasteiger partial charge in [-0.25, -0.2) is 0 Å². The molecule has 19 heavy (non-hydrogen) atoms. The first-order valence-electron chi connectivity index (χ1n) is 8.20. The topological polar surface area (TPSA) is 35.5 Å². The largest absolute Gasteiger partial charge is 0.389 e. The number of hydrogen-bond donors (Lipinski definition) is 2. The lowest BCUT2D eigenvalue weighted by Gasteiger charge is -2.39. The number of nitrogens with zero attached hydrogens (tertiary/aromatic N) is 1. The molecule has 1 saturated carbocycles. The highest BCUT2D eigenvalue weighted by atomic mass is 16.3. The molecule has 0 aromatic heterocycles. The van der Waals surface area contributed by atoms with E-state index in [0.717, 1.165) is 32.0 Å². The van der Waals surface area contributed by atoms with Gasteiger partial charge < -0.3 is 15.3 Å². The molecule has 0 heterocycles. The van der Waals surface area contributed by atoms with Crippen LogP contribution in [-0.2, 0) is 0 Å². The molecule has 0 aromatic rings. The van der Waals surface area contributed by atoms with Crippen molar-refractivity contribution in [2.24, 2.45) is 0 Å². The molecule has 0 unspecified atom stereocenters. The monoisotopic (exact) mass is 270 g/mol. The van der Waals surface area contributed by atoms with Crippen LogP contribution in [-0.4, -0.2) is 47.8 Å². The summed E-state index contributed by atoms with van der Waals surface area (Å²) >= 11 is 0. The Morgan fingerprint density at radius 1 is 1.11 bits per heavy atom. The van der Waals surface area contributed by atoms with Gasteiger partial charge in [-0.2, -0.15) is 0 Å². The van der Waals surface area contributed by atoms with Gasteiger partial charge in [0, 0.05) is 18.6 Å². The van der Waals surface area contributed by atoms with E-state index in [1.165, 1.54) is 32.1 Å². The van der Waals surface area contributed by atoms with Gasteiger partial charge >= 0.3 is 0 Å². The van der Waals surface area contributed by atoms with Crippen LogP contribution >= 0.6 is 0 Å². The van der Waals surface area contributed by atoms with Crippen LogP contribution in [0.5, 0.6) is 0 Å². The van der Waals surface area contributed by atoms with Gasteiger partial charge in [-0.05, 0) is 58.5 Å². The first-order valence-corrected chi connectivity index (χ1v) is 8.20. The van der Waals surface area contributed by atoms with Crippen molar-refractivity contribution in [2.45, 2.75) is 83.4 Å². The summed E-state index contributed by atoms with van der Waals surface area (Å²) in [6.07, 6.45) is 8.02. The van der Waals surface area contributed by atoms with Crippen molar-refractivity contribution < 1.29 is 5.11 Å². The van der Waals surface area contributed by atoms with E-state index in [2.05, 4.69) is 38.0 Å². The Labute approximate surface area is 119 Å². The van der Waals surface area contributed by atoms with E-state index in [0.29, 0.717) is 6.04 Å². The second-order valence-corrected chi connectivity index (χ2v) is 6.31. The Balaban J connectivity index is 2.34. The molecular formula is C16H34N2O. The van der Waals surface area contributed by atoms with E-state index in [9.17, 15) is 5.11 Å². The fraction of sp³-hybridized carbons (Fsp3) is 1.00. The minimum Gasteiger partial charge on any atom is -0.389 e. The predicted octanol–water partition coefficient (Wildman–Crippen LogP) is 2.78. The lowest BCUT2D eigenvalue weighted by Crippen LogP contribution is -2.47. The summed E-state index contributed by atoms with van der Waals surface area (Å²) in [5.41, 5.74) is -0.494. The Hall–Kier alpha value is -0.120. The van der Waals surface area contributed by atoms with Crippen molar-refractivity contribution in [3.8, 4) is 0 Å². The lowest BCUT2D eigenvalue weighted by atomic mass is 9.88. The molecule has 0 amide bonds. The molecule has 1 rings (SSSR count). The molecular weight excluding hydrogens is 236 g/mol. The van der Waals surface area contributed by atoms with Gasteiger partial charge in [0.05, 0.1) is 5.60 Å². The number of nitrogens with one attached hydrogen (secondary N) is 1. The maximum absolute atomic E-state index is 10.4. The van der Waals surface area contributed by atoms with Gasteiger partial charge in [-0.15, -0.1) is 0 Å². The molecule has 2 N–H and O–H groups in total. The average molecular weight is 270 g/mol. The lowest BCUT2D eigenvalue weighted by molar-refractivity contribution is -0.0119. The summed E-state index contributed by atoms with van der Waals surface area (Å²) < 4.78 is 0. The maximum Gasteiger partial charge on any atom is 0.0768 e. The van der Waals surface area contributed by atoms with Crippen LogP contribution in [0.2, 0.25) is 0 Å². The number of rotatable bonds is 8. The summed E-state index contributed by atoms with van der Waals surface area (Å²) in [4.78, 5) is 2.39. The fourth-order valence-corrected chi connectivity index (χ4v) is 3.14. The zero-order valence-corrected chi connectivity index (χ0v) is 13.4. The Bertz CT molecular complexity index is 233. The summed E-state index contributed by atoms with van der Waals surface area (Å²) in [5, 5.41) is 14.1. The first-order chi connectivity index (χ1) is 9.04. The molecule has 0 saturated heterocycles. The molecule has 3 nitrogen and oxygen atoms in total. The molecule has 1 aliphatic carbocycles. The van der Waals surface area contributed by atoms with Crippen LogP contribution in [0, 0.1) is 0 Å². The van der Waals surface area contributed by atoms with Gasteiger partial charge in [0.2, 0.25) is 0 Å². The van der Waals surface area contributed by atoms with Crippen LogP contribution in [0.1, 0.15) is 65.7 Å². The third-order valence-corrected chi connectivity index (χ3v) is 4.86. The molecule has 0 aromatic carbocycles. The van der Waals surface area contributed by atoms with Gasteiger partial charge in [-0.1, -0.05) is 20.8 Å². The van der Waals surface area contributed by atoms with E-state index < -0.39 is 5.60 Å². The van der Waals surface area contributed by atoms with Crippen LogP contribution in [0.15, 0.2) is 0 Å². The molecule has 0 spiro atoms. The first kappa shape index (κ1) is 16.9. The fourth-order valence-electron chi connectivity index (χ4n) is 3.14. The molecule has 0 bridgehead atoms. The zero-order chi connectivity index (χ0) is 14.3. The van der Waals surface area contributed by atoms with Crippen LogP contribution < -0.4 is 5.32 Å². The second-order valence-electron chi connectivity index (χ2n) is 6.31. The normalized spacial score (nSPS) is 24.9. The molecule has 114 valence electrons. The molecule has 1 fully saturated rings. The Kier molecular flexibility index (Phi) is 7.33. The van der Waals surface area contributed by atoms with Crippen molar-refractivity contribution in [1.82, 2.24) is 10.2 Å². The van der Waals surface area contributed by atoms with E-state index in [1.54, 1.807) is 0 Å². The SMILES string of the molecule is CCCNC1CCC(N(C)CC(O)(CC)CC)CC1. The summed E-state index contributed by atoms with van der Waals surface area (Å²) in [6, 6.07) is 1.38. The third-order valence-electron chi connectivity index (χ3n) is 4.86. The number of aliphatic hydroxyl groups is 1. The molecule has 0 aliphatic heterocycles. The third kappa shape index (κ3) is 5.41. The van der Waals surface area contributed by atoms with Crippen LogP contribution in [0.25, 0.3) is 0 Å². The summed E-state index contributed by atoms with van der Waals surface area (Å²) in [7, 11) is 2.18. The molecule has 1 aliphatic rings. The summed E-state index contributed by atoms with van der Waals surface area (Å²) in [6.45, 7) is 8.36. The van der Waals surface area contributed by atoms with Crippen molar-refractivity contribution >= 4 is 0 Å². The van der Waals surface area contributed by atoms with E-state index >= 15 is 0 Å². The zero-order valence-electron chi connectivity index (χ0n) is 13.4. The van der Waals surface area contributed by atoms with Crippen LogP contribution in [0.4, 0.5) is 0 Å². The summed E-state index contributed by atoms with van der Waals surface area (Å²) in [5.74, 6) is 0. The van der Waals surface area contributed by atoms with E-state index in [1.807, 2.05) is 0 Å². The van der Waals surface area contributed by atoms with Crippen LogP contribution in [0.3, 0.4) is 0 Å². The van der Waals surface area contributed by atoms with Gasteiger partial charge in [0.1, 0.15) is 0 Å². The maximum atomic E-state index is 10.4. The molecule has 0 radical (unpaired) electrons. The minimum atomic E-state index is -0.494. The predicted molar refractivity (Wildman–Crippen MR) is 82.5 cm³/mol. The van der Waals surface area contributed by atoms with E-state index in [-0.39, 0.29) is 0 Å². The van der Waals surface area contributed by atoms with E-state index in [4.69, 9.17) is 0 Å². The minimum absolute atomic E-state index is 0.494. The van der Waals surface area contributed by atoms with Crippen molar-refractivity contribution in [3.05, 3.63) is 0 Å². The second kappa shape index (κ2) is 8.23. The smallest absolute Gasteiger partial charge is 0.0768 e. The number of hydrogen-bond acceptors (Lipinski definition) is 3. The standard InChI is InChI=1S/C16H34N2O/c1-5-12-17-14-8-10-15(11-9-14)18(4)13-16(19,6-2)7-3/h14-15,17,19H,5-13H2,1-4H3. The highest BCUT2D eigenvalue weighted by molar-refractivity contribution is 4.86. The van der Waals surface area contributed by atoms with Gasteiger partial charge in [0.25, 0.3) is 0 Å². The quantitative estimate of drug-likeness (QED) is 0.712. The Morgan fingerprint density at radius 3 is 2.16 bits per heavy atom. The molecule has 3 heteroatoms. The van der Waals surface area contributed by atoms with Crippen molar-refractivity contribution in [2.75, 3.05) is 20.1 Å². The van der Waals surface area contributed by atoms with Crippen molar-refractivity contribution in [1.29, 1.82) is 0 Å². The highest BCUT2D eigenvalue weighted by Gasteiger charge is 2.29. The van der Waals surface area contributed by atoms with Gasteiger partial charge in [0.15, 0.2) is 0 Å². The van der Waals surface area contributed by atoms with Crippen molar-refractivity contribution in [3.63, 3.8) is 0 Å². The number of likely N-dealkylation sites (N-methyl/N-ethyl adjacent to an activating group) is 1. The van der Waals surface area contributed by atoms with Gasteiger partial charge in [-0.3, -0.25) is 0 Å². The molecule has 0 atom stereocenters. The average Bonchev–Trinajstić information content (AvgIpc) is 2.45. The highest BCUT2D eigenvalue weighted by Crippen LogP contribution is 2.25.